The van der Waals surface area contributed by atoms with Crippen molar-refractivity contribution in [1.29, 1.82) is 0 Å². The number of rotatable bonds is 12. The monoisotopic (exact) mass is 461 g/mol. The molecule has 1 atom stereocenters. The maximum atomic E-state index is 12.6. The normalized spacial score (nSPS) is 11.6. The van der Waals surface area contributed by atoms with Crippen LogP contribution in [0.3, 0.4) is 0 Å². The minimum absolute atomic E-state index is 0.0213. The van der Waals surface area contributed by atoms with Crippen molar-refractivity contribution in [2.75, 3.05) is 31.7 Å². The van der Waals surface area contributed by atoms with Crippen molar-refractivity contribution in [3.05, 3.63) is 53.1 Å². The van der Waals surface area contributed by atoms with E-state index in [-0.39, 0.29) is 28.5 Å². The zero-order valence-electron chi connectivity index (χ0n) is 18.6. The summed E-state index contributed by atoms with van der Waals surface area (Å²) in [5.41, 5.74) is 18.6. The Bertz CT molecular complexity index is 921. The number of amides is 1. The Morgan fingerprint density at radius 2 is 1.94 bits per heavy atom. The van der Waals surface area contributed by atoms with Crippen molar-refractivity contribution >= 4 is 29.1 Å². The summed E-state index contributed by atoms with van der Waals surface area (Å²) in [6, 6.07) is 7.96. The van der Waals surface area contributed by atoms with E-state index >= 15 is 0 Å². The quantitative estimate of drug-likeness (QED) is 0.377. The molecule has 0 saturated heterocycles. The lowest BCUT2D eigenvalue weighted by atomic mass is 10.1. The topological polar surface area (TPSA) is 145 Å². The number of anilines is 2. The lowest BCUT2D eigenvalue weighted by Gasteiger charge is -2.33. The van der Waals surface area contributed by atoms with E-state index in [1.54, 1.807) is 7.11 Å². The number of nitrogens with zero attached hydrogens (tertiary/aromatic N) is 3. The fourth-order valence-corrected chi connectivity index (χ4v) is 3.54. The van der Waals surface area contributed by atoms with Gasteiger partial charge in [0.15, 0.2) is 22.5 Å². The molecule has 0 bridgehead atoms. The molecule has 0 spiro atoms. The summed E-state index contributed by atoms with van der Waals surface area (Å²) in [6.07, 6.45) is 3.50. The summed E-state index contributed by atoms with van der Waals surface area (Å²) >= 11 is 5.88. The predicted molar refractivity (Wildman–Crippen MR) is 128 cm³/mol. The second-order valence-corrected chi connectivity index (χ2v) is 7.78. The third-order valence-electron chi connectivity index (χ3n) is 5.07. The van der Waals surface area contributed by atoms with Crippen LogP contribution in [0.5, 0.6) is 5.75 Å². The van der Waals surface area contributed by atoms with Gasteiger partial charge in [0.1, 0.15) is 5.75 Å². The number of hydrogen-bond donors (Lipinski definition) is 4. The lowest BCUT2D eigenvalue weighted by Crippen LogP contribution is -2.45. The van der Waals surface area contributed by atoms with E-state index in [4.69, 9.17) is 33.5 Å². The summed E-state index contributed by atoms with van der Waals surface area (Å²) in [6.45, 7) is 7.05. The van der Waals surface area contributed by atoms with Crippen LogP contribution in [-0.2, 0) is 6.42 Å². The highest BCUT2D eigenvalue weighted by Crippen LogP contribution is 2.18. The van der Waals surface area contributed by atoms with Gasteiger partial charge in [0.2, 0.25) is 0 Å². The third kappa shape index (κ3) is 6.91. The van der Waals surface area contributed by atoms with Crippen LogP contribution in [-0.4, -0.2) is 47.0 Å². The third-order valence-corrected chi connectivity index (χ3v) is 5.35. The number of benzene rings is 1. The number of nitrogen functional groups attached to an aromatic ring is 2. The zero-order valence-corrected chi connectivity index (χ0v) is 19.4. The molecule has 0 unspecified atom stereocenters. The number of aryl methyl sites for hydroxylation is 1. The van der Waals surface area contributed by atoms with Crippen molar-refractivity contribution < 1.29 is 9.53 Å². The van der Waals surface area contributed by atoms with Crippen molar-refractivity contribution in [1.82, 2.24) is 20.2 Å². The number of carbonyl (C=O) groups excluding carboxylic acids is 1. The molecular formula is C22H32ClN7O2. The van der Waals surface area contributed by atoms with Gasteiger partial charge in [-0.3, -0.25) is 4.79 Å². The standard InChI is InChI=1S/C22H32ClN7O2/c1-4-6-16(13-27-22(31)18-20(25)29-21(26)19(23)28-18)30(14(2)24)12-5-7-15-8-10-17(32-3)11-9-15/h8-11,16H,2,4-7,12-13,24H2,1,3H3,(H,27,31)(H4,25,26,29)/t16-/m0/s1. The summed E-state index contributed by atoms with van der Waals surface area (Å²) in [5.74, 6) is 0.723. The Balaban J connectivity index is 2.00. The van der Waals surface area contributed by atoms with E-state index in [9.17, 15) is 4.79 Å². The molecule has 9 nitrogen and oxygen atoms in total. The van der Waals surface area contributed by atoms with Crippen LogP contribution in [0.4, 0.5) is 11.6 Å². The summed E-state index contributed by atoms with van der Waals surface area (Å²) in [7, 11) is 1.65. The molecule has 7 N–H and O–H groups in total. The smallest absolute Gasteiger partial charge is 0.273 e. The number of halogens is 1. The molecule has 0 radical (unpaired) electrons. The summed E-state index contributed by atoms with van der Waals surface area (Å²) < 4.78 is 5.20. The number of nitrogens with two attached hydrogens (primary N) is 3. The van der Waals surface area contributed by atoms with Crippen molar-refractivity contribution in [3.8, 4) is 5.75 Å². The average Bonchev–Trinajstić information content (AvgIpc) is 2.77. The summed E-state index contributed by atoms with van der Waals surface area (Å²) in [4.78, 5) is 22.4. The number of carbonyl (C=O) groups is 1. The first kappa shape index (κ1) is 25.1. The molecular weight excluding hydrogens is 430 g/mol. The number of nitrogens with one attached hydrogen (secondary N) is 1. The molecule has 0 saturated carbocycles. The minimum Gasteiger partial charge on any atom is -0.497 e. The highest BCUT2D eigenvalue weighted by atomic mass is 35.5. The molecule has 10 heteroatoms. The average molecular weight is 462 g/mol. The molecule has 32 heavy (non-hydrogen) atoms. The molecule has 2 aromatic rings. The first-order valence-electron chi connectivity index (χ1n) is 10.5. The first-order chi connectivity index (χ1) is 15.3. The van der Waals surface area contributed by atoms with Crippen LogP contribution in [0.15, 0.2) is 36.7 Å². The molecule has 1 aromatic carbocycles. The maximum Gasteiger partial charge on any atom is 0.273 e. The predicted octanol–water partition coefficient (Wildman–Crippen LogP) is 2.57. The first-order valence-corrected chi connectivity index (χ1v) is 10.8. The van der Waals surface area contributed by atoms with Crippen molar-refractivity contribution in [2.24, 2.45) is 5.73 Å². The molecule has 1 heterocycles. The Kier molecular flexibility index (Phi) is 9.39. The molecule has 0 aliphatic heterocycles. The van der Waals surface area contributed by atoms with E-state index in [2.05, 4.69) is 28.8 Å². The molecule has 2 rings (SSSR count). The van der Waals surface area contributed by atoms with E-state index in [1.165, 1.54) is 5.56 Å². The van der Waals surface area contributed by atoms with Gasteiger partial charge in [-0.25, -0.2) is 9.97 Å². The number of ether oxygens (including phenoxy) is 1. The Morgan fingerprint density at radius 1 is 1.25 bits per heavy atom. The zero-order chi connectivity index (χ0) is 23.7. The molecule has 0 fully saturated rings. The summed E-state index contributed by atoms with van der Waals surface area (Å²) in [5, 5.41) is 2.79. The van der Waals surface area contributed by atoms with Gasteiger partial charge < -0.3 is 32.2 Å². The van der Waals surface area contributed by atoms with Crippen LogP contribution in [0.1, 0.15) is 42.2 Å². The Morgan fingerprint density at radius 3 is 2.53 bits per heavy atom. The van der Waals surface area contributed by atoms with E-state index in [0.717, 1.165) is 31.4 Å². The Labute approximate surface area is 194 Å². The molecule has 1 aromatic heterocycles. The fraction of sp³-hybridized carbons (Fsp3) is 0.409. The number of methoxy groups -OCH3 is 1. The van der Waals surface area contributed by atoms with E-state index in [0.29, 0.717) is 18.9 Å². The second kappa shape index (κ2) is 12.0. The van der Waals surface area contributed by atoms with Gasteiger partial charge in [-0.1, -0.05) is 43.7 Å². The van der Waals surface area contributed by atoms with Crippen LogP contribution >= 0.6 is 11.6 Å². The van der Waals surface area contributed by atoms with Gasteiger partial charge in [0.05, 0.1) is 12.9 Å². The minimum atomic E-state index is -0.473. The van der Waals surface area contributed by atoms with Crippen molar-refractivity contribution in [2.45, 2.75) is 38.6 Å². The van der Waals surface area contributed by atoms with Crippen molar-refractivity contribution in [3.63, 3.8) is 0 Å². The molecule has 1 amide bonds. The maximum absolute atomic E-state index is 12.6. The SMILES string of the molecule is C=C(N)N(CCCc1ccc(OC)cc1)[C@@H](CCC)CNC(=O)c1nc(Cl)c(N)nc1N. The van der Waals surface area contributed by atoms with Crippen LogP contribution in [0.25, 0.3) is 0 Å². The van der Waals surface area contributed by atoms with E-state index in [1.807, 2.05) is 29.2 Å². The molecule has 0 aliphatic carbocycles. The van der Waals surface area contributed by atoms with Crippen LogP contribution in [0, 0.1) is 0 Å². The number of hydrogen-bond acceptors (Lipinski definition) is 8. The highest BCUT2D eigenvalue weighted by molar-refractivity contribution is 6.31. The largest absolute Gasteiger partial charge is 0.497 e. The van der Waals surface area contributed by atoms with Gasteiger partial charge >= 0.3 is 0 Å². The Hall–Kier alpha value is -3.20. The second-order valence-electron chi connectivity index (χ2n) is 7.42. The van der Waals surface area contributed by atoms with Gasteiger partial charge in [0.25, 0.3) is 5.91 Å². The lowest BCUT2D eigenvalue weighted by molar-refractivity contribution is 0.0932. The molecule has 174 valence electrons. The van der Waals surface area contributed by atoms with E-state index < -0.39 is 5.91 Å². The van der Waals surface area contributed by atoms with Gasteiger partial charge in [-0.15, -0.1) is 0 Å². The van der Waals surface area contributed by atoms with Crippen LogP contribution in [0.2, 0.25) is 5.15 Å². The molecule has 0 aliphatic rings. The van der Waals surface area contributed by atoms with Crippen LogP contribution < -0.4 is 27.3 Å². The fourth-order valence-electron chi connectivity index (χ4n) is 3.41. The van der Waals surface area contributed by atoms with Gasteiger partial charge in [-0.05, 0) is 37.0 Å². The van der Waals surface area contributed by atoms with Gasteiger partial charge in [0, 0.05) is 19.1 Å². The highest BCUT2D eigenvalue weighted by Gasteiger charge is 2.21. The van der Waals surface area contributed by atoms with Gasteiger partial charge in [-0.2, -0.15) is 0 Å². The number of aromatic nitrogens is 2.